The van der Waals surface area contributed by atoms with Crippen LogP contribution in [0.5, 0.6) is 0 Å². The molecule has 3 heterocycles. The number of nitriles is 1. The number of benzene rings is 1. The van der Waals surface area contributed by atoms with E-state index in [0.29, 0.717) is 22.6 Å². The van der Waals surface area contributed by atoms with Gasteiger partial charge in [-0.1, -0.05) is 0 Å². The number of nitro groups is 1. The van der Waals surface area contributed by atoms with Gasteiger partial charge in [0.25, 0.3) is 5.69 Å². The van der Waals surface area contributed by atoms with Crippen molar-refractivity contribution in [3.63, 3.8) is 0 Å². The van der Waals surface area contributed by atoms with E-state index in [0.717, 1.165) is 0 Å². The van der Waals surface area contributed by atoms with E-state index >= 15 is 0 Å². The number of nitrogens with zero attached hydrogens (tertiary/aromatic N) is 3. The van der Waals surface area contributed by atoms with Gasteiger partial charge < -0.3 is 15.2 Å². The molecule has 2 aromatic rings. The number of amides is 2. The molecule has 0 saturated carbocycles. The molecule has 0 fully saturated rings. The van der Waals surface area contributed by atoms with Crippen molar-refractivity contribution in [1.82, 2.24) is 4.57 Å². The molecule has 1 atom stereocenters. The van der Waals surface area contributed by atoms with E-state index in [-0.39, 0.29) is 17.7 Å². The van der Waals surface area contributed by atoms with Crippen molar-refractivity contribution in [3.05, 3.63) is 51.2 Å². The Morgan fingerprint density at radius 2 is 2.00 bits per heavy atom. The number of hydrogen-bond acceptors (Lipinski definition) is 5. The van der Waals surface area contributed by atoms with Gasteiger partial charge in [-0.15, -0.1) is 0 Å². The molecule has 0 radical (unpaired) electrons. The van der Waals surface area contributed by atoms with Crippen LogP contribution in [-0.4, -0.2) is 21.3 Å². The Morgan fingerprint density at radius 1 is 1.29 bits per heavy atom. The van der Waals surface area contributed by atoms with Gasteiger partial charge in [0.05, 0.1) is 10.5 Å². The molecule has 1 aromatic carbocycles. The predicted octanol–water partition coefficient (Wildman–Crippen LogP) is 2.60. The van der Waals surface area contributed by atoms with Gasteiger partial charge in [-0.05, 0) is 26.8 Å². The van der Waals surface area contributed by atoms with Crippen molar-refractivity contribution in [2.24, 2.45) is 0 Å². The molecule has 142 valence electrons. The summed E-state index contributed by atoms with van der Waals surface area (Å²) in [6.07, 6.45) is 1.38. The number of rotatable bonds is 1. The van der Waals surface area contributed by atoms with Crippen LogP contribution in [0.3, 0.4) is 0 Å². The Labute approximate surface area is 160 Å². The van der Waals surface area contributed by atoms with Crippen molar-refractivity contribution in [2.45, 2.75) is 38.1 Å². The third-order valence-electron chi connectivity index (χ3n) is 5.27. The molecule has 1 aromatic heterocycles. The smallest absolute Gasteiger partial charge is 0.269 e. The molecule has 2 amide bonds. The van der Waals surface area contributed by atoms with Gasteiger partial charge in [0, 0.05) is 47.1 Å². The van der Waals surface area contributed by atoms with Gasteiger partial charge in [0.1, 0.15) is 17.3 Å². The minimum atomic E-state index is -1.49. The second-order valence-electron chi connectivity index (χ2n) is 7.99. The molecule has 28 heavy (non-hydrogen) atoms. The van der Waals surface area contributed by atoms with Crippen LogP contribution in [0, 0.1) is 21.4 Å². The number of anilines is 2. The Balaban J connectivity index is 2.10. The first-order valence-corrected chi connectivity index (χ1v) is 8.66. The quantitative estimate of drug-likeness (QED) is 0.581. The van der Waals surface area contributed by atoms with Crippen LogP contribution in [0.4, 0.5) is 17.2 Å². The van der Waals surface area contributed by atoms with Crippen molar-refractivity contribution in [1.29, 1.82) is 5.26 Å². The first-order chi connectivity index (χ1) is 13.1. The van der Waals surface area contributed by atoms with E-state index in [4.69, 9.17) is 0 Å². The minimum Gasteiger partial charge on any atom is -0.328 e. The fourth-order valence-electron chi connectivity index (χ4n) is 4.06. The zero-order valence-electron chi connectivity index (χ0n) is 15.5. The van der Waals surface area contributed by atoms with E-state index in [1.54, 1.807) is 10.8 Å². The largest absolute Gasteiger partial charge is 0.328 e. The highest BCUT2D eigenvalue weighted by atomic mass is 16.6. The molecule has 0 bridgehead atoms. The molecule has 4 rings (SSSR count). The molecule has 2 aliphatic rings. The standard InChI is InChI=1S/C19H17N5O4/c1-18(2,3)23-9-10(8-20)15-16(23)22-14(25)7-19(15)12-6-11(24(27)28)4-5-13(12)21-17(19)26/h4-6,9H,7H2,1-3H3,(H,21,26)(H,22,25)/t19-/m1/s1. The summed E-state index contributed by atoms with van der Waals surface area (Å²) in [5.41, 5.74) is -0.766. The fourth-order valence-corrected chi connectivity index (χ4v) is 4.06. The highest BCUT2D eigenvalue weighted by Crippen LogP contribution is 2.52. The van der Waals surface area contributed by atoms with Crippen molar-refractivity contribution in [2.75, 3.05) is 10.6 Å². The number of nitrogens with one attached hydrogen (secondary N) is 2. The Morgan fingerprint density at radius 3 is 2.61 bits per heavy atom. The van der Waals surface area contributed by atoms with Crippen LogP contribution in [0.1, 0.15) is 43.9 Å². The lowest BCUT2D eigenvalue weighted by molar-refractivity contribution is -0.384. The second kappa shape index (κ2) is 5.42. The summed E-state index contributed by atoms with van der Waals surface area (Å²) in [6.45, 7) is 5.74. The second-order valence-corrected chi connectivity index (χ2v) is 7.99. The average molecular weight is 379 g/mol. The molecular weight excluding hydrogens is 362 g/mol. The average Bonchev–Trinajstić information content (AvgIpc) is 3.11. The summed E-state index contributed by atoms with van der Waals surface area (Å²) >= 11 is 0. The summed E-state index contributed by atoms with van der Waals surface area (Å²) in [5, 5.41) is 26.5. The number of non-ortho nitro benzene ring substituents is 1. The third-order valence-corrected chi connectivity index (χ3v) is 5.27. The maximum Gasteiger partial charge on any atom is 0.269 e. The van der Waals surface area contributed by atoms with Gasteiger partial charge in [-0.3, -0.25) is 19.7 Å². The van der Waals surface area contributed by atoms with Gasteiger partial charge in [0.2, 0.25) is 11.8 Å². The summed E-state index contributed by atoms with van der Waals surface area (Å²) in [6, 6.07) is 6.18. The third kappa shape index (κ3) is 2.18. The maximum absolute atomic E-state index is 13.1. The Kier molecular flexibility index (Phi) is 3.43. The predicted molar refractivity (Wildman–Crippen MR) is 99.9 cm³/mol. The molecule has 1 spiro atoms. The first-order valence-electron chi connectivity index (χ1n) is 8.66. The van der Waals surface area contributed by atoms with Gasteiger partial charge in [-0.2, -0.15) is 5.26 Å². The van der Waals surface area contributed by atoms with E-state index in [9.17, 15) is 25.0 Å². The number of aromatic nitrogens is 1. The maximum atomic E-state index is 13.1. The number of fused-ring (bicyclic) bond motifs is 4. The van der Waals surface area contributed by atoms with Crippen LogP contribution >= 0.6 is 0 Å². The molecule has 9 heteroatoms. The lowest BCUT2D eigenvalue weighted by atomic mass is 9.70. The number of carbonyl (C=O) groups is 2. The highest BCUT2D eigenvalue weighted by molar-refractivity contribution is 6.15. The Hall–Kier alpha value is -3.67. The molecule has 9 nitrogen and oxygen atoms in total. The van der Waals surface area contributed by atoms with Crippen LogP contribution in [0.25, 0.3) is 0 Å². The lowest BCUT2D eigenvalue weighted by Crippen LogP contribution is -2.44. The van der Waals surface area contributed by atoms with E-state index in [1.807, 2.05) is 20.8 Å². The van der Waals surface area contributed by atoms with Gasteiger partial charge in [0.15, 0.2) is 0 Å². The normalized spacial score (nSPS) is 20.2. The topological polar surface area (TPSA) is 130 Å². The Bertz CT molecular complexity index is 1120. The van der Waals surface area contributed by atoms with Crippen molar-refractivity contribution >= 4 is 29.0 Å². The summed E-state index contributed by atoms with van der Waals surface area (Å²) in [7, 11) is 0. The van der Waals surface area contributed by atoms with Crippen molar-refractivity contribution in [3.8, 4) is 6.07 Å². The SMILES string of the molecule is CC(C)(C)n1cc(C#N)c2c1NC(=O)C[C@]21C(=O)Nc2ccc([N+](=O)[O-])cc21. The fraction of sp³-hybridized carbons (Fsp3) is 0.316. The van der Waals surface area contributed by atoms with Gasteiger partial charge >= 0.3 is 0 Å². The molecule has 0 saturated heterocycles. The zero-order valence-corrected chi connectivity index (χ0v) is 15.5. The van der Waals surface area contributed by atoms with Crippen LogP contribution in [-0.2, 0) is 20.5 Å². The van der Waals surface area contributed by atoms with E-state index in [1.165, 1.54) is 18.2 Å². The van der Waals surface area contributed by atoms with Gasteiger partial charge in [-0.25, -0.2) is 0 Å². The summed E-state index contributed by atoms with van der Waals surface area (Å²) < 4.78 is 1.75. The molecular formula is C19H17N5O4. The minimum absolute atomic E-state index is 0.184. The van der Waals surface area contributed by atoms with E-state index < -0.39 is 27.7 Å². The van der Waals surface area contributed by atoms with Crippen LogP contribution in [0.15, 0.2) is 24.4 Å². The molecule has 0 aliphatic carbocycles. The van der Waals surface area contributed by atoms with E-state index in [2.05, 4.69) is 16.7 Å². The van der Waals surface area contributed by atoms with Crippen LogP contribution in [0.2, 0.25) is 0 Å². The number of carbonyl (C=O) groups excluding carboxylic acids is 2. The molecule has 2 N–H and O–H groups in total. The first kappa shape index (κ1) is 17.7. The number of nitro benzene ring substituents is 1. The number of hydrogen-bond donors (Lipinski definition) is 2. The lowest BCUT2D eigenvalue weighted by Gasteiger charge is -2.34. The molecule has 0 unspecified atom stereocenters. The highest BCUT2D eigenvalue weighted by Gasteiger charge is 2.56. The summed E-state index contributed by atoms with van der Waals surface area (Å²) in [5.74, 6) is -0.493. The summed E-state index contributed by atoms with van der Waals surface area (Å²) in [4.78, 5) is 36.5. The van der Waals surface area contributed by atoms with Crippen molar-refractivity contribution < 1.29 is 14.5 Å². The monoisotopic (exact) mass is 379 g/mol. The van der Waals surface area contributed by atoms with Crippen LogP contribution < -0.4 is 10.6 Å². The zero-order chi connectivity index (χ0) is 20.4. The molecule has 2 aliphatic heterocycles.